The number of esters is 1. The van der Waals surface area contributed by atoms with E-state index < -0.39 is 29.1 Å². The van der Waals surface area contributed by atoms with Gasteiger partial charge in [0.05, 0.1) is 23.9 Å². The number of carbonyl (C=O) groups is 2. The lowest BCUT2D eigenvalue weighted by atomic mass is 10.1. The molecule has 114 valence electrons. The molecule has 0 fully saturated rings. The molecule has 0 bridgehead atoms. The lowest BCUT2D eigenvalue weighted by Gasteiger charge is -2.10. The van der Waals surface area contributed by atoms with Crippen LogP contribution in [0.1, 0.15) is 20.7 Å². The van der Waals surface area contributed by atoms with Crippen molar-refractivity contribution < 1.29 is 23.1 Å². The van der Waals surface area contributed by atoms with Crippen molar-refractivity contribution in [2.45, 2.75) is 0 Å². The highest BCUT2D eigenvalue weighted by atomic mass is 127. The highest BCUT2D eigenvalue weighted by molar-refractivity contribution is 14.1. The first-order valence-electron chi connectivity index (χ1n) is 6.07. The Morgan fingerprint density at radius 2 is 1.77 bits per heavy atom. The average Bonchev–Trinajstić information content (AvgIpc) is 2.49. The number of ether oxygens (including phenoxy) is 1. The lowest BCUT2D eigenvalue weighted by molar-refractivity contribution is 0.0595. The van der Waals surface area contributed by atoms with E-state index in [1.165, 1.54) is 0 Å². The fourth-order valence-electron chi connectivity index (χ4n) is 1.75. The van der Waals surface area contributed by atoms with Gasteiger partial charge in [-0.1, -0.05) is 12.1 Å². The van der Waals surface area contributed by atoms with Gasteiger partial charge < -0.3 is 10.1 Å². The first-order valence-corrected chi connectivity index (χ1v) is 7.15. The molecule has 7 heteroatoms. The quantitative estimate of drug-likeness (QED) is 0.614. The van der Waals surface area contributed by atoms with Gasteiger partial charge in [0.15, 0.2) is 0 Å². The SMILES string of the molecule is COC(=O)c1cc(NC(=O)c2ccccc2I)c(F)cc1F. The Bertz CT molecular complexity index is 750. The van der Waals surface area contributed by atoms with Gasteiger partial charge in [-0.05, 0) is 40.8 Å². The number of halogens is 3. The van der Waals surface area contributed by atoms with Gasteiger partial charge in [-0.3, -0.25) is 4.79 Å². The first-order chi connectivity index (χ1) is 10.4. The van der Waals surface area contributed by atoms with Crippen molar-refractivity contribution in [2.75, 3.05) is 12.4 Å². The number of nitrogens with one attached hydrogen (secondary N) is 1. The molecule has 2 rings (SSSR count). The number of carbonyl (C=O) groups excluding carboxylic acids is 2. The van der Waals surface area contributed by atoms with Crippen LogP contribution in [0.3, 0.4) is 0 Å². The summed E-state index contributed by atoms with van der Waals surface area (Å²) in [7, 11) is 1.08. The Labute approximate surface area is 138 Å². The second kappa shape index (κ2) is 6.82. The largest absolute Gasteiger partial charge is 0.465 e. The summed E-state index contributed by atoms with van der Waals surface area (Å²) in [5, 5.41) is 2.32. The molecular formula is C15H10F2INO3. The third kappa shape index (κ3) is 3.41. The molecule has 0 radical (unpaired) electrons. The summed E-state index contributed by atoms with van der Waals surface area (Å²) < 4.78 is 32.4. The van der Waals surface area contributed by atoms with Gasteiger partial charge in [0, 0.05) is 9.64 Å². The van der Waals surface area contributed by atoms with Gasteiger partial charge >= 0.3 is 5.97 Å². The van der Waals surface area contributed by atoms with Crippen LogP contribution in [0.15, 0.2) is 36.4 Å². The Morgan fingerprint density at radius 1 is 1.09 bits per heavy atom. The monoisotopic (exact) mass is 417 g/mol. The molecule has 0 saturated carbocycles. The van der Waals surface area contributed by atoms with Crippen LogP contribution in [0, 0.1) is 15.2 Å². The van der Waals surface area contributed by atoms with Crippen molar-refractivity contribution in [3.8, 4) is 0 Å². The summed E-state index contributed by atoms with van der Waals surface area (Å²) in [6, 6.07) is 8.14. The first kappa shape index (κ1) is 16.3. The molecule has 0 spiro atoms. The van der Waals surface area contributed by atoms with Gasteiger partial charge in [0.1, 0.15) is 11.6 Å². The van der Waals surface area contributed by atoms with Gasteiger partial charge in [-0.25, -0.2) is 13.6 Å². The van der Waals surface area contributed by atoms with Crippen molar-refractivity contribution in [3.63, 3.8) is 0 Å². The molecule has 0 aliphatic carbocycles. The fourth-order valence-corrected chi connectivity index (χ4v) is 2.38. The smallest absolute Gasteiger partial charge is 0.340 e. The standard InChI is InChI=1S/C15H10F2INO3/c1-22-15(21)9-6-13(11(17)7-10(9)16)19-14(20)8-4-2-3-5-12(8)18/h2-7H,1H3,(H,19,20). The zero-order chi connectivity index (χ0) is 16.3. The number of methoxy groups -OCH3 is 1. The molecule has 0 saturated heterocycles. The van der Waals surface area contributed by atoms with Gasteiger partial charge in [-0.2, -0.15) is 0 Å². The highest BCUT2D eigenvalue weighted by Crippen LogP contribution is 2.22. The van der Waals surface area contributed by atoms with E-state index >= 15 is 0 Å². The van der Waals surface area contributed by atoms with Gasteiger partial charge in [0.2, 0.25) is 0 Å². The number of rotatable bonds is 3. The third-order valence-corrected chi connectivity index (χ3v) is 3.77. The lowest BCUT2D eigenvalue weighted by Crippen LogP contribution is -2.16. The van der Waals surface area contributed by atoms with Crippen molar-refractivity contribution in [3.05, 3.63) is 62.7 Å². The number of amides is 1. The summed E-state index contributed by atoms with van der Waals surface area (Å²) in [6.45, 7) is 0. The maximum absolute atomic E-state index is 13.8. The zero-order valence-electron chi connectivity index (χ0n) is 11.3. The summed E-state index contributed by atoms with van der Waals surface area (Å²) in [5.41, 5.74) is -0.417. The number of anilines is 1. The topological polar surface area (TPSA) is 55.4 Å². The molecule has 22 heavy (non-hydrogen) atoms. The average molecular weight is 417 g/mol. The Kier molecular flexibility index (Phi) is 5.07. The van der Waals surface area contributed by atoms with E-state index in [-0.39, 0.29) is 5.69 Å². The number of benzene rings is 2. The van der Waals surface area contributed by atoms with E-state index in [0.717, 1.165) is 13.2 Å². The second-order valence-corrected chi connectivity index (χ2v) is 5.40. The van der Waals surface area contributed by atoms with E-state index in [4.69, 9.17) is 0 Å². The molecule has 0 heterocycles. The maximum atomic E-state index is 13.8. The second-order valence-electron chi connectivity index (χ2n) is 4.24. The van der Waals surface area contributed by atoms with E-state index in [0.29, 0.717) is 15.2 Å². The van der Waals surface area contributed by atoms with Crippen LogP contribution in [-0.4, -0.2) is 19.0 Å². The zero-order valence-corrected chi connectivity index (χ0v) is 13.5. The molecule has 1 amide bonds. The summed E-state index contributed by atoms with van der Waals surface area (Å²) in [4.78, 5) is 23.5. The molecule has 1 N–H and O–H groups in total. The summed E-state index contributed by atoms with van der Waals surface area (Å²) >= 11 is 1.97. The summed E-state index contributed by atoms with van der Waals surface area (Å²) in [5.74, 6) is -3.56. The van der Waals surface area contributed by atoms with E-state index in [2.05, 4.69) is 10.1 Å². The minimum absolute atomic E-state index is 0.300. The molecule has 0 aliphatic rings. The van der Waals surface area contributed by atoms with Crippen molar-refractivity contribution in [1.82, 2.24) is 0 Å². The van der Waals surface area contributed by atoms with E-state index in [9.17, 15) is 18.4 Å². The Balaban J connectivity index is 2.35. The fraction of sp³-hybridized carbons (Fsp3) is 0.0667. The highest BCUT2D eigenvalue weighted by Gasteiger charge is 2.18. The van der Waals surface area contributed by atoms with Gasteiger partial charge in [0.25, 0.3) is 5.91 Å². The predicted octanol–water partition coefficient (Wildman–Crippen LogP) is 3.61. The molecule has 2 aromatic carbocycles. The molecule has 0 unspecified atom stereocenters. The van der Waals surface area contributed by atoms with E-state index in [1.54, 1.807) is 24.3 Å². The molecule has 0 aliphatic heterocycles. The molecular weight excluding hydrogens is 407 g/mol. The maximum Gasteiger partial charge on any atom is 0.340 e. The van der Waals surface area contributed by atoms with Crippen LogP contribution in [0.4, 0.5) is 14.5 Å². The predicted molar refractivity (Wildman–Crippen MR) is 84.8 cm³/mol. The van der Waals surface area contributed by atoms with Crippen LogP contribution in [-0.2, 0) is 4.74 Å². The number of hydrogen-bond donors (Lipinski definition) is 1. The normalized spacial score (nSPS) is 10.2. The molecule has 0 aromatic heterocycles. The summed E-state index contributed by atoms with van der Waals surface area (Å²) in [6.07, 6.45) is 0. The van der Waals surface area contributed by atoms with Crippen molar-refractivity contribution in [1.29, 1.82) is 0 Å². The van der Waals surface area contributed by atoms with Crippen molar-refractivity contribution >= 4 is 40.2 Å². The van der Waals surface area contributed by atoms with Crippen LogP contribution in [0.25, 0.3) is 0 Å². The molecule has 4 nitrogen and oxygen atoms in total. The molecule has 0 atom stereocenters. The Hall–Kier alpha value is -2.03. The van der Waals surface area contributed by atoms with Crippen LogP contribution < -0.4 is 5.32 Å². The van der Waals surface area contributed by atoms with E-state index in [1.807, 2.05) is 22.6 Å². The minimum atomic E-state index is -1.06. The van der Waals surface area contributed by atoms with Gasteiger partial charge in [-0.15, -0.1) is 0 Å². The van der Waals surface area contributed by atoms with Crippen LogP contribution in [0.2, 0.25) is 0 Å². The third-order valence-electron chi connectivity index (χ3n) is 2.83. The molecule has 2 aromatic rings. The van der Waals surface area contributed by atoms with Crippen molar-refractivity contribution in [2.24, 2.45) is 0 Å². The van der Waals surface area contributed by atoms with Crippen LogP contribution in [0.5, 0.6) is 0 Å². The van der Waals surface area contributed by atoms with Crippen LogP contribution >= 0.6 is 22.6 Å². The number of hydrogen-bond acceptors (Lipinski definition) is 3. The minimum Gasteiger partial charge on any atom is -0.465 e. The Morgan fingerprint density at radius 3 is 2.41 bits per heavy atom.